The molecular weight excluding hydrogens is 711 g/mol. The predicted octanol–water partition coefficient (Wildman–Crippen LogP) is 6.91. The number of alkyl carbamates (subject to hydrolysis) is 1. The fraction of sp³-hybridized carbons (Fsp3) is 0.400. The number of hydrogen-bond donors (Lipinski definition) is 1. The molecule has 2 amide bonds. The zero-order valence-corrected chi connectivity index (χ0v) is 32.6. The molecule has 0 radical (unpaired) electrons. The van der Waals surface area contributed by atoms with Crippen molar-refractivity contribution in [2.75, 3.05) is 31.3 Å². The predicted molar refractivity (Wildman–Crippen MR) is 205 cm³/mol. The van der Waals surface area contributed by atoms with E-state index < -0.39 is 21.7 Å². The van der Waals surface area contributed by atoms with Crippen molar-refractivity contribution in [2.24, 2.45) is 4.99 Å². The van der Waals surface area contributed by atoms with E-state index in [2.05, 4.69) is 17.4 Å². The maximum absolute atomic E-state index is 14.4. The highest BCUT2D eigenvalue weighted by atomic mass is 32.2. The highest BCUT2D eigenvalue weighted by Gasteiger charge is 2.44. The third-order valence-electron chi connectivity index (χ3n) is 9.27. The molecule has 14 heteroatoms. The largest absolute Gasteiger partial charge is 0.445 e. The van der Waals surface area contributed by atoms with Crippen LogP contribution in [0.2, 0.25) is 0 Å². The lowest BCUT2D eigenvalue weighted by Gasteiger charge is -2.25. The van der Waals surface area contributed by atoms with Crippen LogP contribution in [-0.2, 0) is 48.8 Å². The molecule has 5 rings (SSSR count). The molecule has 1 N–H and O–H groups in total. The van der Waals surface area contributed by atoms with Gasteiger partial charge in [0.25, 0.3) is 15.9 Å². The summed E-state index contributed by atoms with van der Waals surface area (Å²) in [6.07, 6.45) is 1.70. The van der Waals surface area contributed by atoms with E-state index >= 15 is 0 Å². The van der Waals surface area contributed by atoms with Gasteiger partial charge in [-0.1, -0.05) is 85.2 Å². The van der Waals surface area contributed by atoms with Crippen LogP contribution in [0.5, 0.6) is 0 Å². The molecule has 3 aromatic carbocycles. The zero-order valence-electron chi connectivity index (χ0n) is 31.8. The van der Waals surface area contributed by atoms with Gasteiger partial charge >= 0.3 is 6.09 Å². The third-order valence-corrected chi connectivity index (χ3v) is 11.0. The first-order valence-electron chi connectivity index (χ1n) is 18.0. The molecule has 0 fully saturated rings. The highest BCUT2D eigenvalue weighted by molar-refractivity contribution is 7.93. The summed E-state index contributed by atoms with van der Waals surface area (Å²) in [4.78, 5) is 33.2. The van der Waals surface area contributed by atoms with Crippen LogP contribution in [0.3, 0.4) is 0 Å². The Balaban J connectivity index is 1.42. The Labute approximate surface area is 317 Å². The second kappa shape index (κ2) is 17.9. The molecule has 0 spiro atoms. The number of nitrogens with one attached hydrogen (secondary N) is 1. The molecule has 0 bridgehead atoms. The topological polar surface area (TPSA) is 153 Å². The first-order valence-corrected chi connectivity index (χ1v) is 19.5. The summed E-state index contributed by atoms with van der Waals surface area (Å²) in [5.41, 5.74) is 2.90. The number of aryl methyl sites for hydroxylation is 1. The number of rotatable bonds is 18. The van der Waals surface area contributed by atoms with Gasteiger partial charge in [-0.25, -0.2) is 17.5 Å². The quantitative estimate of drug-likeness (QED) is 0.107. The summed E-state index contributed by atoms with van der Waals surface area (Å²) in [6.45, 7) is 9.81. The Morgan fingerprint density at radius 1 is 0.981 bits per heavy atom. The smallest absolute Gasteiger partial charge is 0.407 e. The Bertz CT molecular complexity index is 2070. The molecule has 0 saturated heterocycles. The second-order valence-corrected chi connectivity index (χ2v) is 15.1. The lowest BCUT2D eigenvalue weighted by atomic mass is 9.97. The van der Waals surface area contributed by atoms with Gasteiger partial charge < -0.3 is 24.1 Å². The normalized spacial score (nSPS) is 15.7. The van der Waals surface area contributed by atoms with Crippen LogP contribution in [0.25, 0.3) is 11.1 Å². The molecule has 288 valence electrons. The number of nitrogens with zero attached hydrogens (tertiary/aromatic N) is 4. The number of benzene rings is 3. The number of unbranched alkanes of at least 4 members (excludes halogenated alkanes) is 1. The van der Waals surface area contributed by atoms with Gasteiger partial charge in [0.05, 0.1) is 24.6 Å². The van der Waals surface area contributed by atoms with E-state index in [-0.39, 0.29) is 49.7 Å². The highest BCUT2D eigenvalue weighted by Crippen LogP contribution is 2.36. The number of aliphatic imine (C=N–C) groups is 1. The average molecular weight is 760 g/mol. The van der Waals surface area contributed by atoms with E-state index in [9.17, 15) is 18.0 Å². The summed E-state index contributed by atoms with van der Waals surface area (Å²) < 4.78 is 51.7. The number of amides is 2. The molecule has 1 atom stereocenters. The molecule has 2 heterocycles. The van der Waals surface area contributed by atoms with Gasteiger partial charge in [0, 0.05) is 31.3 Å². The SMILES string of the molecule is CCCCC1=NC(C)(CNC(=O)OCc2ccccc2)C(=O)N1Cc1ccc(-c2ccccc2S(=O)(=O)N(COC)c2noc(C)c2C)c(COCC)c1. The molecule has 1 unspecified atom stereocenters. The van der Waals surface area contributed by atoms with Crippen LogP contribution >= 0.6 is 0 Å². The number of hydrogen-bond acceptors (Lipinski definition) is 10. The van der Waals surface area contributed by atoms with Crippen molar-refractivity contribution >= 4 is 33.7 Å². The first-order chi connectivity index (χ1) is 25.9. The van der Waals surface area contributed by atoms with Crippen LogP contribution in [0.15, 0.2) is 87.2 Å². The van der Waals surface area contributed by atoms with Crippen molar-refractivity contribution < 1.29 is 36.7 Å². The van der Waals surface area contributed by atoms with E-state index in [0.29, 0.717) is 41.3 Å². The number of ether oxygens (including phenoxy) is 3. The zero-order chi connectivity index (χ0) is 38.9. The van der Waals surface area contributed by atoms with Crippen LogP contribution in [0, 0.1) is 13.8 Å². The monoisotopic (exact) mass is 759 g/mol. The lowest BCUT2D eigenvalue weighted by Crippen LogP contribution is -2.47. The average Bonchev–Trinajstić information content (AvgIpc) is 3.63. The minimum Gasteiger partial charge on any atom is -0.445 e. The van der Waals surface area contributed by atoms with Crippen LogP contribution in [0.1, 0.15) is 68.0 Å². The molecule has 1 aromatic heterocycles. The van der Waals surface area contributed by atoms with Crippen molar-refractivity contribution in [3.05, 3.63) is 101 Å². The fourth-order valence-corrected chi connectivity index (χ4v) is 7.76. The van der Waals surface area contributed by atoms with Gasteiger partial charge in [0.1, 0.15) is 24.9 Å². The van der Waals surface area contributed by atoms with Gasteiger partial charge in [0.2, 0.25) is 0 Å². The Hall–Kier alpha value is -5.05. The maximum atomic E-state index is 14.4. The van der Waals surface area contributed by atoms with Crippen LogP contribution in [-0.4, -0.2) is 68.8 Å². The third kappa shape index (κ3) is 9.00. The number of carbonyl (C=O) groups is 2. The number of methoxy groups -OCH3 is 1. The number of sulfonamides is 1. The van der Waals surface area contributed by atoms with E-state index in [1.54, 1.807) is 49.9 Å². The Morgan fingerprint density at radius 3 is 2.41 bits per heavy atom. The summed E-state index contributed by atoms with van der Waals surface area (Å²) in [7, 11) is -2.78. The molecule has 0 aliphatic carbocycles. The standard InChI is InChI=1S/C40H49N5O8S/c1-7-9-19-36-42-40(5,26-41-39(47)52-24-30-15-11-10-12-16-30)38(46)44(36)23-31-20-21-33(32(22-31)25-51-8-2)34-17-13-14-18-35(34)54(48,49)45(27-50-6)37-28(3)29(4)53-43-37/h10-18,20-22H,7-9,19,23-27H2,1-6H3,(H,41,47). The van der Waals surface area contributed by atoms with Gasteiger partial charge in [-0.15, -0.1) is 0 Å². The number of anilines is 1. The summed E-state index contributed by atoms with van der Waals surface area (Å²) >= 11 is 0. The van der Waals surface area contributed by atoms with Gasteiger partial charge in [-0.2, -0.15) is 0 Å². The minimum atomic E-state index is -4.20. The van der Waals surface area contributed by atoms with Crippen molar-refractivity contribution in [3.8, 4) is 11.1 Å². The molecule has 1 aliphatic heterocycles. The first kappa shape index (κ1) is 40.1. The molecule has 0 saturated carbocycles. The van der Waals surface area contributed by atoms with Crippen molar-refractivity contribution in [1.29, 1.82) is 0 Å². The lowest BCUT2D eigenvalue weighted by molar-refractivity contribution is -0.130. The Morgan fingerprint density at radius 2 is 1.72 bits per heavy atom. The molecule has 13 nitrogen and oxygen atoms in total. The van der Waals surface area contributed by atoms with Crippen LogP contribution < -0.4 is 9.62 Å². The van der Waals surface area contributed by atoms with Crippen molar-refractivity contribution in [1.82, 2.24) is 15.4 Å². The maximum Gasteiger partial charge on any atom is 0.407 e. The summed E-state index contributed by atoms with van der Waals surface area (Å²) in [5.74, 6) is 1.06. The van der Waals surface area contributed by atoms with Crippen molar-refractivity contribution in [2.45, 2.75) is 84.1 Å². The fourth-order valence-electron chi connectivity index (χ4n) is 6.18. The van der Waals surface area contributed by atoms with E-state index in [1.165, 1.54) is 7.11 Å². The Kier molecular flexibility index (Phi) is 13.3. The number of aromatic nitrogens is 1. The molecule has 1 aliphatic rings. The molecule has 54 heavy (non-hydrogen) atoms. The molecular formula is C40H49N5O8S. The molecule has 4 aromatic rings. The van der Waals surface area contributed by atoms with Crippen molar-refractivity contribution in [3.63, 3.8) is 0 Å². The van der Waals surface area contributed by atoms with Crippen LogP contribution in [0.4, 0.5) is 10.6 Å². The minimum absolute atomic E-state index is 0.0289. The summed E-state index contributed by atoms with van der Waals surface area (Å²) in [5, 5.41) is 6.76. The second-order valence-electron chi connectivity index (χ2n) is 13.3. The number of carbonyl (C=O) groups excluding carboxylic acids is 2. The number of amidine groups is 1. The van der Waals surface area contributed by atoms with E-state index in [1.807, 2.05) is 55.5 Å². The van der Waals surface area contributed by atoms with E-state index in [4.69, 9.17) is 23.7 Å². The summed E-state index contributed by atoms with van der Waals surface area (Å²) in [6, 6.07) is 21.8. The van der Waals surface area contributed by atoms with Gasteiger partial charge in [-0.05, 0) is 62.4 Å². The van der Waals surface area contributed by atoms with Gasteiger partial charge in [0.15, 0.2) is 11.4 Å². The van der Waals surface area contributed by atoms with E-state index in [0.717, 1.165) is 33.8 Å². The van der Waals surface area contributed by atoms with Gasteiger partial charge in [-0.3, -0.25) is 14.7 Å².